The van der Waals surface area contributed by atoms with Gasteiger partial charge >= 0.3 is 5.97 Å². The Labute approximate surface area is 132 Å². The number of carboxylic acid groups (broad SMARTS) is 1. The fourth-order valence-electron chi connectivity index (χ4n) is 2.87. The summed E-state index contributed by atoms with van der Waals surface area (Å²) >= 11 is 0. The summed E-state index contributed by atoms with van der Waals surface area (Å²) in [6, 6.07) is 10.0. The first kappa shape index (κ1) is 15.0. The van der Waals surface area contributed by atoms with Gasteiger partial charge in [-0.15, -0.1) is 0 Å². The number of hydrogen-bond donors (Lipinski definition) is 2. The molecule has 1 heterocycles. The lowest BCUT2D eigenvalue weighted by Gasteiger charge is -2.12. The average molecular weight is 310 g/mol. The molecule has 0 aliphatic heterocycles. The maximum atomic E-state index is 14.2. The summed E-state index contributed by atoms with van der Waals surface area (Å²) in [5, 5.41) is 10.5. The zero-order valence-corrected chi connectivity index (χ0v) is 12.7. The van der Waals surface area contributed by atoms with Crippen LogP contribution in [0.3, 0.4) is 0 Å². The number of carboxylic acids is 1. The average Bonchev–Trinajstić information content (AvgIpc) is 2.47. The minimum absolute atomic E-state index is 0.0164. The second kappa shape index (κ2) is 5.35. The number of nitrogens with zero attached hydrogens (tertiary/aromatic N) is 1. The quantitative estimate of drug-likeness (QED) is 0.751. The van der Waals surface area contributed by atoms with E-state index in [1.165, 1.54) is 6.07 Å². The van der Waals surface area contributed by atoms with Crippen molar-refractivity contribution in [1.82, 2.24) is 4.98 Å². The second-order valence-corrected chi connectivity index (χ2v) is 5.45. The van der Waals surface area contributed by atoms with Gasteiger partial charge in [0.15, 0.2) is 0 Å². The van der Waals surface area contributed by atoms with Crippen LogP contribution in [0.1, 0.15) is 21.6 Å². The van der Waals surface area contributed by atoms with Gasteiger partial charge < -0.3 is 10.8 Å². The lowest BCUT2D eigenvalue weighted by atomic mass is 9.95. The van der Waals surface area contributed by atoms with E-state index in [0.29, 0.717) is 27.6 Å². The van der Waals surface area contributed by atoms with E-state index in [-0.39, 0.29) is 17.2 Å². The van der Waals surface area contributed by atoms with Crippen molar-refractivity contribution in [1.29, 1.82) is 0 Å². The van der Waals surface area contributed by atoms with E-state index in [1.807, 2.05) is 13.0 Å². The van der Waals surface area contributed by atoms with E-state index < -0.39 is 5.97 Å². The normalized spacial score (nSPS) is 10.9. The second-order valence-electron chi connectivity index (χ2n) is 5.45. The number of carbonyl (C=O) groups is 1. The maximum Gasteiger partial charge on any atom is 0.340 e. The first-order valence-corrected chi connectivity index (χ1v) is 7.08. The number of pyridine rings is 1. The lowest BCUT2D eigenvalue weighted by molar-refractivity contribution is 0.0700. The first-order chi connectivity index (χ1) is 10.9. The molecule has 2 aromatic carbocycles. The van der Waals surface area contributed by atoms with Crippen LogP contribution in [0.5, 0.6) is 0 Å². The topological polar surface area (TPSA) is 76.2 Å². The van der Waals surface area contributed by atoms with E-state index in [0.717, 1.165) is 5.56 Å². The molecule has 0 aliphatic rings. The van der Waals surface area contributed by atoms with Crippen molar-refractivity contribution in [3.63, 3.8) is 0 Å². The molecule has 5 heteroatoms. The SMILES string of the molecule is Cc1cccc(F)c1-c1ccc2c(C(=O)O)c(N)nc(C)c2c1. The molecule has 0 fully saturated rings. The molecule has 23 heavy (non-hydrogen) atoms. The highest BCUT2D eigenvalue weighted by Gasteiger charge is 2.17. The number of halogens is 1. The van der Waals surface area contributed by atoms with Crippen molar-refractivity contribution in [3.8, 4) is 11.1 Å². The number of benzene rings is 2. The number of aromatic nitrogens is 1. The molecule has 3 rings (SSSR count). The molecule has 3 aromatic rings. The Morgan fingerprint density at radius 1 is 1.17 bits per heavy atom. The number of fused-ring (bicyclic) bond motifs is 1. The molecule has 0 saturated heterocycles. The number of nitrogen functional groups attached to an aromatic ring is 1. The van der Waals surface area contributed by atoms with Gasteiger partial charge in [0.2, 0.25) is 0 Å². The highest BCUT2D eigenvalue weighted by Crippen LogP contribution is 2.32. The fraction of sp³-hybridized carbons (Fsp3) is 0.111. The third-order valence-electron chi connectivity index (χ3n) is 3.95. The van der Waals surface area contributed by atoms with Crippen LogP contribution in [0, 0.1) is 19.7 Å². The molecule has 116 valence electrons. The highest BCUT2D eigenvalue weighted by atomic mass is 19.1. The summed E-state index contributed by atoms with van der Waals surface area (Å²) in [5.74, 6) is -1.46. The predicted molar refractivity (Wildman–Crippen MR) is 88.0 cm³/mol. The third kappa shape index (κ3) is 2.40. The van der Waals surface area contributed by atoms with Crippen LogP contribution in [0.2, 0.25) is 0 Å². The Bertz CT molecular complexity index is 931. The number of rotatable bonds is 2. The summed E-state index contributed by atoms with van der Waals surface area (Å²) in [4.78, 5) is 15.5. The van der Waals surface area contributed by atoms with Crippen molar-refractivity contribution in [2.24, 2.45) is 0 Å². The monoisotopic (exact) mass is 310 g/mol. The van der Waals surface area contributed by atoms with Gasteiger partial charge in [-0.05, 0) is 37.1 Å². The molecular formula is C18H15FN2O2. The van der Waals surface area contributed by atoms with Crippen LogP contribution >= 0.6 is 0 Å². The van der Waals surface area contributed by atoms with Crippen molar-refractivity contribution < 1.29 is 14.3 Å². The van der Waals surface area contributed by atoms with Crippen LogP contribution < -0.4 is 5.73 Å². The molecule has 0 unspecified atom stereocenters. The molecule has 0 atom stereocenters. The number of nitrogens with two attached hydrogens (primary N) is 1. The molecule has 3 N–H and O–H groups in total. The van der Waals surface area contributed by atoms with Crippen LogP contribution in [-0.4, -0.2) is 16.1 Å². The number of aryl methyl sites for hydroxylation is 2. The zero-order chi connectivity index (χ0) is 16.7. The minimum atomic E-state index is -1.13. The van der Waals surface area contributed by atoms with Gasteiger partial charge in [0.05, 0.1) is 0 Å². The van der Waals surface area contributed by atoms with E-state index in [2.05, 4.69) is 4.98 Å². The summed E-state index contributed by atoms with van der Waals surface area (Å²) in [6.07, 6.45) is 0. The number of aromatic carboxylic acids is 1. The van der Waals surface area contributed by atoms with E-state index in [1.54, 1.807) is 31.2 Å². The van der Waals surface area contributed by atoms with E-state index >= 15 is 0 Å². The highest BCUT2D eigenvalue weighted by molar-refractivity contribution is 6.08. The summed E-state index contributed by atoms with van der Waals surface area (Å²) in [5.41, 5.74) is 8.31. The van der Waals surface area contributed by atoms with Crippen molar-refractivity contribution in [2.45, 2.75) is 13.8 Å². The Balaban J connectivity index is 2.35. The summed E-state index contributed by atoms with van der Waals surface area (Å²) in [6.45, 7) is 3.59. The van der Waals surface area contributed by atoms with Crippen LogP contribution in [0.4, 0.5) is 10.2 Å². The molecule has 4 nitrogen and oxygen atoms in total. The Hall–Kier alpha value is -2.95. The van der Waals surface area contributed by atoms with Crippen molar-refractivity contribution in [2.75, 3.05) is 5.73 Å². The fourth-order valence-corrected chi connectivity index (χ4v) is 2.87. The molecule has 0 radical (unpaired) electrons. The molecule has 0 spiro atoms. The van der Waals surface area contributed by atoms with Gasteiger partial charge in [0, 0.05) is 22.0 Å². The van der Waals surface area contributed by atoms with Crippen LogP contribution in [0.15, 0.2) is 36.4 Å². The first-order valence-electron chi connectivity index (χ1n) is 7.08. The van der Waals surface area contributed by atoms with Gasteiger partial charge in [0.1, 0.15) is 17.2 Å². The van der Waals surface area contributed by atoms with Crippen LogP contribution in [-0.2, 0) is 0 Å². The molecule has 1 aromatic heterocycles. The number of hydrogen-bond acceptors (Lipinski definition) is 3. The predicted octanol–water partition coefficient (Wildman–Crippen LogP) is 3.94. The standard InChI is InChI=1S/C18H15FN2O2/c1-9-4-3-5-14(19)15(9)11-6-7-12-13(8-11)10(2)21-17(20)16(12)18(22)23/h3-8H,1-2H3,(H2,20,21)(H,22,23). The van der Waals surface area contributed by atoms with Crippen molar-refractivity contribution in [3.05, 3.63) is 59.0 Å². The van der Waals surface area contributed by atoms with Gasteiger partial charge in [-0.1, -0.05) is 24.3 Å². The Morgan fingerprint density at radius 2 is 1.91 bits per heavy atom. The van der Waals surface area contributed by atoms with E-state index in [4.69, 9.17) is 5.73 Å². The molecular weight excluding hydrogens is 295 g/mol. The van der Waals surface area contributed by atoms with Gasteiger partial charge in [-0.3, -0.25) is 0 Å². The summed E-state index contributed by atoms with van der Waals surface area (Å²) < 4.78 is 14.2. The molecule has 0 aliphatic carbocycles. The summed E-state index contributed by atoms with van der Waals surface area (Å²) in [7, 11) is 0. The lowest BCUT2D eigenvalue weighted by Crippen LogP contribution is -2.07. The molecule has 0 saturated carbocycles. The van der Waals surface area contributed by atoms with Crippen molar-refractivity contribution >= 4 is 22.6 Å². The zero-order valence-electron chi connectivity index (χ0n) is 12.7. The molecule has 0 amide bonds. The Kier molecular flexibility index (Phi) is 3.48. The maximum absolute atomic E-state index is 14.2. The van der Waals surface area contributed by atoms with Gasteiger partial charge in [0.25, 0.3) is 0 Å². The third-order valence-corrected chi connectivity index (χ3v) is 3.95. The van der Waals surface area contributed by atoms with Gasteiger partial charge in [-0.25, -0.2) is 14.2 Å². The van der Waals surface area contributed by atoms with E-state index in [9.17, 15) is 14.3 Å². The Morgan fingerprint density at radius 3 is 2.57 bits per heavy atom. The van der Waals surface area contributed by atoms with Gasteiger partial charge in [-0.2, -0.15) is 0 Å². The minimum Gasteiger partial charge on any atom is -0.478 e. The number of anilines is 1. The van der Waals surface area contributed by atoms with Crippen LogP contribution in [0.25, 0.3) is 21.9 Å². The smallest absolute Gasteiger partial charge is 0.340 e. The largest absolute Gasteiger partial charge is 0.478 e. The molecule has 0 bridgehead atoms.